The molecule has 1 saturated carbocycles. The molecular formula is C16H28N2O3. The predicted molar refractivity (Wildman–Crippen MR) is 80.7 cm³/mol. The highest BCUT2D eigenvalue weighted by molar-refractivity contribution is 5.97. The van der Waals surface area contributed by atoms with Crippen LogP contribution in [0.2, 0.25) is 0 Å². The van der Waals surface area contributed by atoms with E-state index < -0.39 is 6.04 Å². The van der Waals surface area contributed by atoms with Crippen LogP contribution in [0, 0.1) is 11.8 Å². The first-order valence-corrected chi connectivity index (χ1v) is 7.95. The molecule has 5 nitrogen and oxygen atoms in total. The van der Waals surface area contributed by atoms with E-state index in [9.17, 15) is 9.59 Å². The van der Waals surface area contributed by atoms with Crippen LogP contribution in [-0.2, 0) is 14.3 Å². The maximum absolute atomic E-state index is 12.7. The van der Waals surface area contributed by atoms with Crippen molar-refractivity contribution in [1.82, 2.24) is 10.2 Å². The molecule has 5 heteroatoms. The molecular weight excluding hydrogens is 268 g/mol. The third kappa shape index (κ3) is 3.96. The molecule has 0 radical (unpaired) electrons. The lowest BCUT2D eigenvalue weighted by molar-refractivity contribution is -0.153. The van der Waals surface area contributed by atoms with E-state index in [0.717, 1.165) is 12.8 Å². The molecule has 1 heterocycles. The zero-order valence-corrected chi connectivity index (χ0v) is 13.8. The van der Waals surface area contributed by atoms with Gasteiger partial charge in [-0.1, -0.05) is 13.8 Å². The molecule has 1 aliphatic heterocycles. The Morgan fingerprint density at radius 2 is 1.90 bits per heavy atom. The third-order valence-electron chi connectivity index (χ3n) is 4.05. The molecule has 1 aliphatic carbocycles. The van der Waals surface area contributed by atoms with E-state index in [4.69, 9.17) is 4.74 Å². The number of nitrogens with zero attached hydrogens (tertiary/aromatic N) is 1. The quantitative estimate of drug-likeness (QED) is 0.837. The maximum Gasteiger partial charge on any atom is 0.246 e. The fraction of sp³-hybridized carbons (Fsp3) is 0.875. The van der Waals surface area contributed by atoms with E-state index in [2.05, 4.69) is 5.32 Å². The van der Waals surface area contributed by atoms with Gasteiger partial charge in [0.25, 0.3) is 0 Å². The normalized spacial score (nSPS) is 27.2. The minimum atomic E-state index is -0.401. The third-order valence-corrected chi connectivity index (χ3v) is 4.05. The SMILES string of the molecule is CC(C)C1NC(=O)C(C2CC2)N(CCOC(C)(C)C)C1=O. The molecule has 2 amide bonds. The van der Waals surface area contributed by atoms with Gasteiger partial charge in [-0.25, -0.2) is 0 Å². The first-order valence-electron chi connectivity index (χ1n) is 7.95. The van der Waals surface area contributed by atoms with Crippen LogP contribution in [0.3, 0.4) is 0 Å². The lowest BCUT2D eigenvalue weighted by atomic mass is 9.96. The highest BCUT2D eigenvalue weighted by atomic mass is 16.5. The van der Waals surface area contributed by atoms with Crippen molar-refractivity contribution in [3.63, 3.8) is 0 Å². The van der Waals surface area contributed by atoms with Crippen molar-refractivity contribution in [1.29, 1.82) is 0 Å². The molecule has 2 aliphatic rings. The van der Waals surface area contributed by atoms with Crippen LogP contribution in [0.5, 0.6) is 0 Å². The Balaban J connectivity index is 2.07. The number of carbonyl (C=O) groups excluding carboxylic acids is 2. The molecule has 0 spiro atoms. The highest BCUT2D eigenvalue weighted by Gasteiger charge is 2.48. The summed E-state index contributed by atoms with van der Waals surface area (Å²) >= 11 is 0. The maximum atomic E-state index is 12.7. The lowest BCUT2D eigenvalue weighted by Crippen LogP contribution is -2.65. The van der Waals surface area contributed by atoms with Crippen LogP contribution in [0.4, 0.5) is 0 Å². The van der Waals surface area contributed by atoms with Crippen molar-refractivity contribution < 1.29 is 14.3 Å². The van der Waals surface area contributed by atoms with Crippen LogP contribution in [0.15, 0.2) is 0 Å². The van der Waals surface area contributed by atoms with Gasteiger partial charge < -0.3 is 15.0 Å². The van der Waals surface area contributed by atoms with E-state index in [1.165, 1.54) is 0 Å². The fourth-order valence-electron chi connectivity index (χ4n) is 2.79. The number of ether oxygens (including phenoxy) is 1. The van der Waals surface area contributed by atoms with Crippen LogP contribution >= 0.6 is 0 Å². The molecule has 0 aromatic heterocycles. The van der Waals surface area contributed by atoms with Gasteiger partial charge in [0.15, 0.2) is 0 Å². The van der Waals surface area contributed by atoms with Gasteiger partial charge >= 0.3 is 0 Å². The van der Waals surface area contributed by atoms with Gasteiger partial charge in [-0.15, -0.1) is 0 Å². The van der Waals surface area contributed by atoms with E-state index in [0.29, 0.717) is 19.1 Å². The number of rotatable bonds is 5. The predicted octanol–water partition coefficient (Wildman–Crippen LogP) is 1.56. The van der Waals surface area contributed by atoms with Crippen LogP contribution < -0.4 is 5.32 Å². The molecule has 21 heavy (non-hydrogen) atoms. The summed E-state index contributed by atoms with van der Waals surface area (Å²) in [5.41, 5.74) is -0.229. The summed E-state index contributed by atoms with van der Waals surface area (Å²) in [6, 6.07) is -0.696. The molecule has 120 valence electrons. The van der Waals surface area contributed by atoms with Gasteiger partial charge in [0.2, 0.25) is 11.8 Å². The van der Waals surface area contributed by atoms with E-state index in [1.54, 1.807) is 4.90 Å². The summed E-state index contributed by atoms with van der Waals surface area (Å²) < 4.78 is 5.73. The molecule has 0 aromatic carbocycles. The molecule has 2 fully saturated rings. The Hall–Kier alpha value is -1.10. The summed E-state index contributed by atoms with van der Waals surface area (Å²) in [7, 11) is 0. The standard InChI is InChI=1S/C16H28N2O3/c1-10(2)12-15(20)18(8-9-21-16(3,4)5)13(11-6-7-11)14(19)17-12/h10-13H,6-9H2,1-5H3,(H,17,19). The summed E-state index contributed by atoms with van der Waals surface area (Å²) in [5.74, 6) is 0.481. The minimum absolute atomic E-state index is 0.00607. The largest absolute Gasteiger partial charge is 0.374 e. The van der Waals surface area contributed by atoms with Crippen molar-refractivity contribution in [2.24, 2.45) is 11.8 Å². The summed E-state index contributed by atoms with van der Waals surface area (Å²) in [5, 5.41) is 2.90. The van der Waals surface area contributed by atoms with Crippen LogP contribution in [0.25, 0.3) is 0 Å². The van der Waals surface area contributed by atoms with E-state index >= 15 is 0 Å². The molecule has 2 atom stereocenters. The van der Waals surface area contributed by atoms with Gasteiger partial charge in [-0.3, -0.25) is 9.59 Å². The number of nitrogens with one attached hydrogen (secondary N) is 1. The van der Waals surface area contributed by atoms with Gasteiger partial charge in [-0.2, -0.15) is 0 Å². The zero-order chi connectivity index (χ0) is 15.8. The van der Waals surface area contributed by atoms with Crippen LogP contribution in [-0.4, -0.2) is 47.6 Å². The van der Waals surface area contributed by atoms with Gasteiger partial charge in [0.05, 0.1) is 12.2 Å². The summed E-state index contributed by atoms with van der Waals surface area (Å²) in [6.45, 7) is 10.9. The number of hydrogen-bond acceptors (Lipinski definition) is 3. The second-order valence-electron chi connectivity index (χ2n) is 7.51. The second-order valence-corrected chi connectivity index (χ2v) is 7.51. The molecule has 2 rings (SSSR count). The van der Waals surface area contributed by atoms with Crippen molar-refractivity contribution >= 4 is 11.8 Å². The van der Waals surface area contributed by atoms with Gasteiger partial charge in [0, 0.05) is 6.54 Å². The van der Waals surface area contributed by atoms with E-state index in [-0.39, 0.29) is 29.4 Å². The Morgan fingerprint density at radius 1 is 1.29 bits per heavy atom. The monoisotopic (exact) mass is 296 g/mol. The zero-order valence-electron chi connectivity index (χ0n) is 13.8. The van der Waals surface area contributed by atoms with Crippen LogP contribution in [0.1, 0.15) is 47.5 Å². The Kier molecular flexibility index (Phi) is 4.61. The van der Waals surface area contributed by atoms with E-state index in [1.807, 2.05) is 34.6 Å². The minimum Gasteiger partial charge on any atom is -0.374 e. The number of carbonyl (C=O) groups is 2. The molecule has 2 unspecified atom stereocenters. The molecule has 0 aromatic rings. The Bertz CT molecular complexity index is 410. The first-order chi connectivity index (χ1) is 9.70. The first kappa shape index (κ1) is 16.3. The lowest BCUT2D eigenvalue weighted by Gasteiger charge is -2.40. The Labute approximate surface area is 127 Å². The highest BCUT2D eigenvalue weighted by Crippen LogP contribution is 2.37. The molecule has 1 saturated heterocycles. The summed E-state index contributed by atoms with van der Waals surface area (Å²) in [4.78, 5) is 26.8. The van der Waals surface area contributed by atoms with Crippen molar-refractivity contribution in [2.75, 3.05) is 13.2 Å². The Morgan fingerprint density at radius 3 is 2.38 bits per heavy atom. The number of amides is 2. The summed E-state index contributed by atoms with van der Waals surface area (Å²) in [6.07, 6.45) is 2.07. The topological polar surface area (TPSA) is 58.6 Å². The number of piperazine rings is 1. The average molecular weight is 296 g/mol. The number of hydrogen-bond donors (Lipinski definition) is 1. The average Bonchev–Trinajstić information content (AvgIpc) is 3.15. The second kappa shape index (κ2) is 5.95. The van der Waals surface area contributed by atoms with Crippen molar-refractivity contribution in [3.8, 4) is 0 Å². The fourth-order valence-corrected chi connectivity index (χ4v) is 2.79. The molecule has 0 bridgehead atoms. The van der Waals surface area contributed by atoms with Gasteiger partial charge in [0.1, 0.15) is 12.1 Å². The van der Waals surface area contributed by atoms with Crippen molar-refractivity contribution in [2.45, 2.75) is 65.1 Å². The molecule has 1 N–H and O–H groups in total. The smallest absolute Gasteiger partial charge is 0.246 e. The van der Waals surface area contributed by atoms with Crippen molar-refractivity contribution in [3.05, 3.63) is 0 Å². The van der Waals surface area contributed by atoms with Gasteiger partial charge in [-0.05, 0) is 45.4 Å².